The van der Waals surface area contributed by atoms with Gasteiger partial charge in [-0.2, -0.15) is 0 Å². The number of hydrogen-bond acceptors (Lipinski definition) is 5. The van der Waals surface area contributed by atoms with Crippen LogP contribution in [0.4, 0.5) is 5.13 Å². The quantitative estimate of drug-likeness (QED) is 0.438. The van der Waals surface area contributed by atoms with E-state index in [0.717, 1.165) is 54.4 Å². The second kappa shape index (κ2) is 8.46. The predicted octanol–water partition coefficient (Wildman–Crippen LogP) is 5.58. The third kappa shape index (κ3) is 3.92. The Bertz CT molecular complexity index is 1290. The number of carbonyl (C=O) groups excluding carboxylic acids is 1. The van der Waals surface area contributed by atoms with Crippen molar-refractivity contribution in [3.8, 4) is 11.5 Å². The summed E-state index contributed by atoms with van der Waals surface area (Å²) in [5.74, 6) is 0.922. The van der Waals surface area contributed by atoms with Crippen LogP contribution in [0.15, 0.2) is 78.2 Å². The SMILES string of the molecule is O=C(Nc1nc(CN2CCc3ccccc3C2)cs1)C1c2ccccc2Oc2ccccc21. The normalized spacial score (nSPS) is 15.2. The molecule has 5 nitrogen and oxygen atoms in total. The molecule has 0 unspecified atom stereocenters. The molecule has 0 fully saturated rings. The summed E-state index contributed by atoms with van der Waals surface area (Å²) in [6.45, 7) is 2.74. The average Bonchev–Trinajstić information content (AvgIpc) is 3.28. The average molecular weight is 454 g/mol. The fourth-order valence-corrected chi connectivity index (χ4v) is 5.43. The van der Waals surface area contributed by atoms with E-state index in [0.29, 0.717) is 5.13 Å². The second-order valence-electron chi connectivity index (χ2n) is 8.47. The maximum atomic E-state index is 13.4. The van der Waals surface area contributed by atoms with Crippen molar-refractivity contribution < 1.29 is 9.53 Å². The highest BCUT2D eigenvalue weighted by molar-refractivity contribution is 7.13. The molecule has 2 aliphatic heterocycles. The first-order valence-corrected chi connectivity index (χ1v) is 12.0. The first-order valence-electron chi connectivity index (χ1n) is 11.1. The van der Waals surface area contributed by atoms with Crippen molar-refractivity contribution in [2.24, 2.45) is 0 Å². The molecule has 0 saturated carbocycles. The number of para-hydroxylation sites is 2. The van der Waals surface area contributed by atoms with E-state index in [-0.39, 0.29) is 5.91 Å². The van der Waals surface area contributed by atoms with Crippen molar-refractivity contribution in [2.45, 2.75) is 25.4 Å². The van der Waals surface area contributed by atoms with Gasteiger partial charge < -0.3 is 10.1 Å². The Hall–Kier alpha value is -3.48. The van der Waals surface area contributed by atoms with E-state index < -0.39 is 5.92 Å². The van der Waals surface area contributed by atoms with Crippen molar-refractivity contribution in [3.05, 3.63) is 106 Å². The Kier molecular flexibility index (Phi) is 5.17. The number of hydrogen-bond donors (Lipinski definition) is 1. The number of amides is 1. The summed E-state index contributed by atoms with van der Waals surface area (Å²) in [7, 11) is 0. The Morgan fingerprint density at radius 3 is 2.39 bits per heavy atom. The minimum Gasteiger partial charge on any atom is -0.457 e. The molecule has 0 radical (unpaired) electrons. The monoisotopic (exact) mass is 453 g/mol. The molecule has 164 valence electrons. The van der Waals surface area contributed by atoms with Gasteiger partial charge in [0.2, 0.25) is 5.91 Å². The van der Waals surface area contributed by atoms with Crippen molar-refractivity contribution >= 4 is 22.4 Å². The van der Waals surface area contributed by atoms with E-state index in [1.807, 2.05) is 53.9 Å². The maximum absolute atomic E-state index is 13.4. The third-order valence-electron chi connectivity index (χ3n) is 6.32. The van der Waals surface area contributed by atoms with Crippen LogP contribution in [0.1, 0.15) is 33.9 Å². The van der Waals surface area contributed by atoms with Crippen LogP contribution < -0.4 is 10.1 Å². The minimum absolute atomic E-state index is 0.0917. The number of nitrogens with zero attached hydrogens (tertiary/aromatic N) is 2. The lowest BCUT2D eigenvalue weighted by Crippen LogP contribution is -2.30. The summed E-state index contributed by atoms with van der Waals surface area (Å²) in [4.78, 5) is 20.6. The van der Waals surface area contributed by atoms with Gasteiger partial charge in [-0.25, -0.2) is 4.98 Å². The largest absolute Gasteiger partial charge is 0.457 e. The second-order valence-corrected chi connectivity index (χ2v) is 9.33. The molecule has 1 amide bonds. The fourth-order valence-electron chi connectivity index (χ4n) is 4.73. The van der Waals surface area contributed by atoms with Gasteiger partial charge in [0, 0.05) is 36.1 Å². The number of fused-ring (bicyclic) bond motifs is 3. The van der Waals surface area contributed by atoms with Crippen molar-refractivity contribution in [1.29, 1.82) is 0 Å². The molecule has 6 rings (SSSR count). The maximum Gasteiger partial charge on any atom is 0.238 e. The van der Waals surface area contributed by atoms with Crippen LogP contribution in [0.3, 0.4) is 0 Å². The molecule has 3 aromatic carbocycles. The van der Waals surface area contributed by atoms with E-state index >= 15 is 0 Å². The molecule has 0 aliphatic carbocycles. The van der Waals surface area contributed by atoms with Gasteiger partial charge in [-0.15, -0.1) is 11.3 Å². The van der Waals surface area contributed by atoms with E-state index in [2.05, 4.69) is 34.5 Å². The fraction of sp³-hybridized carbons (Fsp3) is 0.185. The molecule has 33 heavy (non-hydrogen) atoms. The first-order chi connectivity index (χ1) is 16.2. The van der Waals surface area contributed by atoms with Crippen LogP contribution >= 0.6 is 11.3 Å². The number of anilines is 1. The summed E-state index contributed by atoms with van der Waals surface area (Å²) < 4.78 is 6.02. The number of nitrogens with one attached hydrogen (secondary N) is 1. The molecular formula is C27H23N3O2S. The Labute approximate surface area is 196 Å². The highest BCUT2D eigenvalue weighted by Gasteiger charge is 2.32. The van der Waals surface area contributed by atoms with Crippen LogP contribution in [0.2, 0.25) is 0 Å². The zero-order chi connectivity index (χ0) is 22.2. The summed E-state index contributed by atoms with van der Waals surface area (Å²) in [6.07, 6.45) is 1.06. The highest BCUT2D eigenvalue weighted by Crippen LogP contribution is 2.44. The molecule has 4 aromatic rings. The van der Waals surface area contributed by atoms with E-state index in [4.69, 9.17) is 9.72 Å². The highest BCUT2D eigenvalue weighted by atomic mass is 32.1. The first kappa shape index (κ1) is 20.1. The topological polar surface area (TPSA) is 54.5 Å². The molecule has 3 heterocycles. The summed E-state index contributed by atoms with van der Waals surface area (Å²) >= 11 is 1.48. The van der Waals surface area contributed by atoms with Gasteiger partial charge in [0.1, 0.15) is 11.5 Å². The summed E-state index contributed by atoms with van der Waals surface area (Å²) in [5.41, 5.74) is 5.57. The molecule has 1 N–H and O–H groups in total. The zero-order valence-electron chi connectivity index (χ0n) is 18.0. The number of rotatable bonds is 4. The molecule has 0 bridgehead atoms. The zero-order valence-corrected chi connectivity index (χ0v) is 18.8. The lowest BCUT2D eigenvalue weighted by molar-refractivity contribution is -0.116. The molecule has 0 saturated heterocycles. The number of benzene rings is 3. The van der Waals surface area contributed by atoms with Gasteiger partial charge in [0.25, 0.3) is 0 Å². The van der Waals surface area contributed by atoms with Crippen LogP contribution in [0.25, 0.3) is 0 Å². The smallest absolute Gasteiger partial charge is 0.238 e. The molecule has 1 aromatic heterocycles. The molecule has 6 heteroatoms. The molecule has 0 spiro atoms. The van der Waals surface area contributed by atoms with Crippen molar-refractivity contribution in [3.63, 3.8) is 0 Å². The van der Waals surface area contributed by atoms with Crippen LogP contribution in [-0.2, 0) is 24.3 Å². The van der Waals surface area contributed by atoms with Gasteiger partial charge in [-0.3, -0.25) is 9.69 Å². The van der Waals surface area contributed by atoms with Gasteiger partial charge in [-0.1, -0.05) is 60.7 Å². The number of thiazole rings is 1. The van der Waals surface area contributed by atoms with Crippen molar-refractivity contribution in [2.75, 3.05) is 11.9 Å². The molecule has 2 aliphatic rings. The van der Waals surface area contributed by atoms with Gasteiger partial charge in [0.05, 0.1) is 11.6 Å². The van der Waals surface area contributed by atoms with E-state index in [1.165, 1.54) is 22.5 Å². The number of carbonyl (C=O) groups is 1. The number of ether oxygens (including phenoxy) is 1. The third-order valence-corrected chi connectivity index (χ3v) is 7.13. The predicted molar refractivity (Wildman–Crippen MR) is 130 cm³/mol. The minimum atomic E-state index is -0.433. The number of aromatic nitrogens is 1. The van der Waals surface area contributed by atoms with E-state index in [1.54, 1.807) is 0 Å². The van der Waals surface area contributed by atoms with Crippen LogP contribution in [-0.4, -0.2) is 22.3 Å². The standard InChI is InChI=1S/C27H23N3O2S/c31-26(25-21-9-3-5-11-23(21)32-24-12-6-4-10-22(24)25)29-27-28-20(17-33-27)16-30-14-13-18-7-1-2-8-19(18)15-30/h1-12,17,25H,13-16H2,(H,28,29,31). The van der Waals surface area contributed by atoms with Gasteiger partial charge in [-0.05, 0) is 29.7 Å². The van der Waals surface area contributed by atoms with Gasteiger partial charge in [0.15, 0.2) is 5.13 Å². The summed E-state index contributed by atoms with van der Waals surface area (Å²) in [5, 5.41) is 5.74. The lowest BCUT2D eigenvalue weighted by Gasteiger charge is -2.28. The van der Waals surface area contributed by atoms with Crippen LogP contribution in [0, 0.1) is 0 Å². The van der Waals surface area contributed by atoms with Gasteiger partial charge >= 0.3 is 0 Å². The molecule has 0 atom stereocenters. The Balaban J connectivity index is 1.19. The van der Waals surface area contributed by atoms with Crippen LogP contribution in [0.5, 0.6) is 11.5 Å². The Morgan fingerprint density at radius 1 is 0.970 bits per heavy atom. The lowest BCUT2D eigenvalue weighted by atomic mass is 9.87. The Morgan fingerprint density at radius 2 is 1.64 bits per heavy atom. The van der Waals surface area contributed by atoms with E-state index in [9.17, 15) is 4.79 Å². The summed E-state index contributed by atoms with van der Waals surface area (Å²) in [6, 6.07) is 24.1. The molecular weight excluding hydrogens is 430 g/mol. The van der Waals surface area contributed by atoms with Crippen molar-refractivity contribution in [1.82, 2.24) is 9.88 Å².